The lowest BCUT2D eigenvalue weighted by atomic mass is 10.0. The van der Waals surface area contributed by atoms with Gasteiger partial charge in [0.1, 0.15) is 17.5 Å². The van der Waals surface area contributed by atoms with Crippen molar-refractivity contribution >= 4 is 17.8 Å². The topological polar surface area (TPSA) is 114 Å². The minimum atomic E-state index is -1.11. The van der Waals surface area contributed by atoms with Crippen LogP contribution >= 0.6 is 0 Å². The van der Waals surface area contributed by atoms with Crippen LogP contribution in [0, 0.1) is 12.8 Å². The number of hydrogen-bond donors (Lipinski definition) is 3. The van der Waals surface area contributed by atoms with Crippen molar-refractivity contribution in [3.63, 3.8) is 0 Å². The van der Waals surface area contributed by atoms with E-state index in [9.17, 15) is 14.4 Å². The van der Waals surface area contributed by atoms with Crippen molar-refractivity contribution in [2.75, 3.05) is 20.8 Å². The molecule has 26 heavy (non-hydrogen) atoms. The van der Waals surface area contributed by atoms with Crippen molar-refractivity contribution in [2.24, 2.45) is 5.92 Å². The number of carbonyl (C=O) groups is 3. The lowest BCUT2D eigenvalue weighted by Crippen LogP contribution is -2.46. The van der Waals surface area contributed by atoms with Gasteiger partial charge < -0.3 is 25.2 Å². The SMILES string of the molecule is COc1cc(C(=O)NCC(=O)N[C@@H](CC(C)C)C(=O)O)cc(OC)c1C. The Hall–Kier alpha value is -2.77. The van der Waals surface area contributed by atoms with Crippen molar-refractivity contribution in [3.8, 4) is 11.5 Å². The van der Waals surface area contributed by atoms with E-state index in [1.807, 2.05) is 13.8 Å². The molecule has 0 aliphatic carbocycles. The molecule has 0 aromatic heterocycles. The largest absolute Gasteiger partial charge is 0.496 e. The maximum atomic E-state index is 12.3. The fourth-order valence-electron chi connectivity index (χ4n) is 2.42. The van der Waals surface area contributed by atoms with Gasteiger partial charge in [0.15, 0.2) is 0 Å². The summed E-state index contributed by atoms with van der Waals surface area (Å²) in [5.74, 6) is -1.08. The molecule has 0 radical (unpaired) electrons. The van der Waals surface area contributed by atoms with Crippen molar-refractivity contribution < 1.29 is 29.0 Å². The summed E-state index contributed by atoms with van der Waals surface area (Å²) in [5.41, 5.74) is 1.02. The van der Waals surface area contributed by atoms with Gasteiger partial charge in [-0.2, -0.15) is 0 Å². The summed E-state index contributed by atoms with van der Waals surface area (Å²) in [4.78, 5) is 35.4. The molecule has 1 aromatic rings. The van der Waals surface area contributed by atoms with Crippen molar-refractivity contribution in [2.45, 2.75) is 33.2 Å². The summed E-state index contributed by atoms with van der Waals surface area (Å²) < 4.78 is 10.4. The maximum absolute atomic E-state index is 12.3. The van der Waals surface area contributed by atoms with Gasteiger partial charge in [-0.15, -0.1) is 0 Å². The highest BCUT2D eigenvalue weighted by atomic mass is 16.5. The molecule has 0 aliphatic heterocycles. The van der Waals surface area contributed by atoms with Gasteiger partial charge in [0.2, 0.25) is 5.91 Å². The number of aliphatic carboxylic acids is 1. The van der Waals surface area contributed by atoms with Gasteiger partial charge in [0.25, 0.3) is 5.91 Å². The van der Waals surface area contributed by atoms with Crippen LogP contribution in [0.1, 0.15) is 36.2 Å². The zero-order valence-electron chi connectivity index (χ0n) is 15.7. The molecular formula is C18H26N2O6. The van der Waals surface area contributed by atoms with Gasteiger partial charge in [0, 0.05) is 11.1 Å². The highest BCUT2D eigenvalue weighted by Gasteiger charge is 2.21. The van der Waals surface area contributed by atoms with E-state index >= 15 is 0 Å². The number of rotatable bonds is 9. The molecular weight excluding hydrogens is 340 g/mol. The summed E-state index contributed by atoms with van der Waals surface area (Å²) in [6.45, 7) is 5.19. The molecule has 144 valence electrons. The van der Waals surface area contributed by atoms with Gasteiger partial charge in [-0.1, -0.05) is 13.8 Å². The number of benzene rings is 1. The monoisotopic (exact) mass is 366 g/mol. The summed E-state index contributed by atoms with van der Waals surface area (Å²) in [6.07, 6.45) is 0.307. The third kappa shape index (κ3) is 5.94. The van der Waals surface area contributed by atoms with E-state index in [0.29, 0.717) is 17.9 Å². The first-order valence-corrected chi connectivity index (χ1v) is 8.22. The number of amides is 2. The summed E-state index contributed by atoms with van der Waals surface area (Å²) in [5, 5.41) is 14.0. The van der Waals surface area contributed by atoms with Gasteiger partial charge >= 0.3 is 5.97 Å². The van der Waals surface area contributed by atoms with Crippen LogP contribution in [-0.4, -0.2) is 49.7 Å². The molecule has 0 saturated carbocycles. The van der Waals surface area contributed by atoms with Crippen molar-refractivity contribution in [3.05, 3.63) is 23.3 Å². The molecule has 0 saturated heterocycles. The second-order valence-corrected chi connectivity index (χ2v) is 6.28. The number of methoxy groups -OCH3 is 2. The van der Waals surface area contributed by atoms with Crippen LogP contribution < -0.4 is 20.1 Å². The minimum Gasteiger partial charge on any atom is -0.496 e. The molecule has 8 nitrogen and oxygen atoms in total. The van der Waals surface area contributed by atoms with E-state index in [-0.39, 0.29) is 18.0 Å². The second kappa shape index (κ2) is 9.65. The van der Waals surface area contributed by atoms with Crippen LogP contribution in [0.3, 0.4) is 0 Å². The Morgan fingerprint density at radius 3 is 2.08 bits per heavy atom. The predicted molar refractivity (Wildman–Crippen MR) is 95.6 cm³/mol. The zero-order valence-corrected chi connectivity index (χ0v) is 15.7. The zero-order chi connectivity index (χ0) is 19.9. The van der Waals surface area contributed by atoms with Crippen LogP contribution in [0.2, 0.25) is 0 Å². The molecule has 0 heterocycles. The molecule has 0 spiro atoms. The summed E-state index contributed by atoms with van der Waals surface area (Å²) in [7, 11) is 2.97. The molecule has 2 amide bonds. The highest BCUT2D eigenvalue weighted by molar-refractivity contribution is 5.97. The average molecular weight is 366 g/mol. The quantitative estimate of drug-likeness (QED) is 0.608. The third-order valence-corrected chi connectivity index (χ3v) is 3.76. The lowest BCUT2D eigenvalue weighted by molar-refractivity contribution is -0.142. The Morgan fingerprint density at radius 2 is 1.65 bits per heavy atom. The maximum Gasteiger partial charge on any atom is 0.326 e. The number of nitrogens with one attached hydrogen (secondary N) is 2. The molecule has 1 atom stereocenters. The first-order chi connectivity index (χ1) is 12.2. The molecule has 0 unspecified atom stereocenters. The average Bonchev–Trinajstić information content (AvgIpc) is 2.58. The molecule has 3 N–H and O–H groups in total. The normalized spacial score (nSPS) is 11.6. The smallest absolute Gasteiger partial charge is 0.326 e. The van der Waals surface area contributed by atoms with Crippen LogP contribution in [0.5, 0.6) is 11.5 Å². The molecule has 8 heteroatoms. The number of hydrogen-bond acceptors (Lipinski definition) is 5. The van der Waals surface area contributed by atoms with E-state index in [1.54, 1.807) is 19.1 Å². The predicted octanol–water partition coefficient (Wildman–Crippen LogP) is 1.36. The van der Waals surface area contributed by atoms with Gasteiger partial charge in [-0.3, -0.25) is 9.59 Å². The second-order valence-electron chi connectivity index (χ2n) is 6.28. The summed E-state index contributed by atoms with van der Waals surface area (Å²) in [6, 6.07) is 2.10. The molecule has 0 fully saturated rings. The van der Waals surface area contributed by atoms with Gasteiger partial charge in [0.05, 0.1) is 20.8 Å². The van der Waals surface area contributed by atoms with Crippen LogP contribution in [0.15, 0.2) is 12.1 Å². The number of carboxylic acids is 1. The Bertz CT molecular complexity index is 647. The number of ether oxygens (including phenoxy) is 2. The number of carboxylic acid groups (broad SMARTS) is 1. The molecule has 0 bridgehead atoms. The van der Waals surface area contributed by atoms with E-state index in [1.165, 1.54) is 14.2 Å². The first-order valence-electron chi connectivity index (χ1n) is 8.22. The van der Waals surface area contributed by atoms with Crippen LogP contribution in [0.25, 0.3) is 0 Å². The Kier molecular flexibility index (Phi) is 7.89. The standard InChI is InChI=1S/C18H26N2O6/c1-10(2)6-13(18(23)24)20-16(21)9-19-17(22)12-7-14(25-4)11(3)15(8-12)26-5/h7-8,10,13H,6,9H2,1-5H3,(H,19,22)(H,20,21)(H,23,24)/t13-/m0/s1. The van der Waals surface area contributed by atoms with E-state index in [4.69, 9.17) is 14.6 Å². The van der Waals surface area contributed by atoms with Crippen LogP contribution in [0.4, 0.5) is 0 Å². The molecule has 0 aliphatic rings. The molecule has 1 aromatic carbocycles. The Balaban J connectivity index is 2.74. The Morgan fingerprint density at radius 1 is 1.12 bits per heavy atom. The van der Waals surface area contributed by atoms with Gasteiger partial charge in [-0.25, -0.2) is 4.79 Å². The Labute approximate surface area is 152 Å². The minimum absolute atomic E-state index is 0.110. The summed E-state index contributed by atoms with van der Waals surface area (Å²) >= 11 is 0. The van der Waals surface area contributed by atoms with E-state index in [0.717, 1.165) is 5.56 Å². The fourth-order valence-corrected chi connectivity index (χ4v) is 2.42. The number of carbonyl (C=O) groups excluding carboxylic acids is 2. The van der Waals surface area contributed by atoms with E-state index in [2.05, 4.69) is 10.6 Å². The van der Waals surface area contributed by atoms with E-state index < -0.39 is 23.8 Å². The van der Waals surface area contributed by atoms with Crippen LogP contribution in [-0.2, 0) is 9.59 Å². The van der Waals surface area contributed by atoms with Gasteiger partial charge in [-0.05, 0) is 31.4 Å². The molecule has 1 rings (SSSR count). The highest BCUT2D eigenvalue weighted by Crippen LogP contribution is 2.29. The third-order valence-electron chi connectivity index (χ3n) is 3.76. The lowest BCUT2D eigenvalue weighted by Gasteiger charge is -2.17. The van der Waals surface area contributed by atoms with Crippen molar-refractivity contribution in [1.29, 1.82) is 0 Å². The first kappa shape index (κ1) is 21.3. The fraction of sp³-hybridized carbons (Fsp3) is 0.500. The van der Waals surface area contributed by atoms with Crippen molar-refractivity contribution in [1.82, 2.24) is 10.6 Å².